The van der Waals surface area contributed by atoms with E-state index >= 15 is 0 Å². The molecule has 6 nitrogen and oxygen atoms in total. The maximum Gasteiger partial charge on any atom is 0.217 e. The van der Waals surface area contributed by atoms with E-state index in [4.69, 9.17) is 4.42 Å². The summed E-state index contributed by atoms with van der Waals surface area (Å²) in [5.74, 6) is 0.838. The third kappa shape index (κ3) is 2.29. The number of carbonyl (C=O) groups is 1. The minimum absolute atomic E-state index is 0.181. The molecule has 2 aromatic heterocycles. The van der Waals surface area contributed by atoms with Crippen molar-refractivity contribution in [3.05, 3.63) is 47.3 Å². The Bertz CT molecular complexity index is 922. The molecule has 1 aromatic carbocycles. The molecule has 0 unspecified atom stereocenters. The standard InChI is InChI=1S/C16H12N4O2/c1-9(21)15-10(2)22-16(11(15)7-17)20-14-8-18-12-5-3-4-6-13(12)19-14/h3-6,8H,1-2H3,(H,19,20). The molecule has 0 amide bonds. The number of aromatic nitrogens is 2. The Labute approximate surface area is 126 Å². The molecule has 0 fully saturated rings. The van der Waals surface area contributed by atoms with Crippen LogP contribution in [0.1, 0.15) is 28.6 Å². The smallest absolute Gasteiger partial charge is 0.217 e. The molecular formula is C16H12N4O2. The molecule has 0 saturated carbocycles. The van der Waals surface area contributed by atoms with Crippen LogP contribution in [0.15, 0.2) is 34.9 Å². The van der Waals surface area contributed by atoms with Gasteiger partial charge in [0, 0.05) is 0 Å². The number of Topliss-reactive ketones (excluding diaryl/α,β-unsaturated/α-hetero) is 1. The Kier molecular flexibility index (Phi) is 3.31. The quantitative estimate of drug-likeness (QED) is 0.744. The second-order valence-corrected chi connectivity index (χ2v) is 4.77. The molecule has 6 heteroatoms. The van der Waals surface area contributed by atoms with Crippen LogP contribution < -0.4 is 5.32 Å². The zero-order valence-electron chi connectivity index (χ0n) is 12.0. The van der Waals surface area contributed by atoms with E-state index in [1.54, 1.807) is 13.1 Å². The summed E-state index contributed by atoms with van der Waals surface area (Å²) in [4.78, 5) is 20.3. The first-order valence-corrected chi connectivity index (χ1v) is 6.63. The molecule has 2 heterocycles. The molecule has 108 valence electrons. The minimum Gasteiger partial charge on any atom is -0.443 e. The Morgan fingerprint density at radius 3 is 2.73 bits per heavy atom. The number of nitrogens with one attached hydrogen (secondary N) is 1. The highest BCUT2D eigenvalue weighted by molar-refractivity contribution is 5.99. The molecule has 0 aliphatic heterocycles. The highest BCUT2D eigenvalue weighted by Gasteiger charge is 2.21. The van der Waals surface area contributed by atoms with Gasteiger partial charge in [-0.15, -0.1) is 0 Å². The van der Waals surface area contributed by atoms with Crippen LogP contribution in [0.5, 0.6) is 0 Å². The number of hydrogen-bond acceptors (Lipinski definition) is 6. The van der Waals surface area contributed by atoms with Crippen LogP contribution >= 0.6 is 0 Å². The zero-order valence-corrected chi connectivity index (χ0v) is 12.0. The largest absolute Gasteiger partial charge is 0.443 e. The van der Waals surface area contributed by atoms with Crippen molar-refractivity contribution < 1.29 is 9.21 Å². The minimum atomic E-state index is -0.213. The summed E-state index contributed by atoms with van der Waals surface area (Å²) in [5.41, 5.74) is 1.97. The maximum absolute atomic E-state index is 11.6. The predicted molar refractivity (Wildman–Crippen MR) is 81.0 cm³/mol. The van der Waals surface area contributed by atoms with Gasteiger partial charge >= 0.3 is 0 Å². The Hall–Kier alpha value is -3.20. The second-order valence-electron chi connectivity index (χ2n) is 4.77. The molecule has 0 radical (unpaired) electrons. The molecule has 3 rings (SSSR count). The Morgan fingerprint density at radius 1 is 1.32 bits per heavy atom. The van der Waals surface area contributed by atoms with Gasteiger partial charge in [-0.3, -0.25) is 9.78 Å². The van der Waals surface area contributed by atoms with E-state index < -0.39 is 0 Å². The highest BCUT2D eigenvalue weighted by atomic mass is 16.4. The van der Waals surface area contributed by atoms with E-state index in [1.807, 2.05) is 30.3 Å². The Morgan fingerprint density at radius 2 is 2.05 bits per heavy atom. The van der Waals surface area contributed by atoms with Gasteiger partial charge in [0.05, 0.1) is 22.8 Å². The number of fused-ring (bicyclic) bond motifs is 1. The number of carbonyl (C=O) groups excluding carboxylic acids is 1. The van der Waals surface area contributed by atoms with Crippen LogP contribution in [0.3, 0.4) is 0 Å². The van der Waals surface area contributed by atoms with Crippen LogP contribution in [0.4, 0.5) is 11.7 Å². The number of para-hydroxylation sites is 2. The number of aryl methyl sites for hydroxylation is 1. The molecule has 0 bridgehead atoms. The van der Waals surface area contributed by atoms with Crippen molar-refractivity contribution in [1.29, 1.82) is 5.26 Å². The summed E-state index contributed by atoms with van der Waals surface area (Å²) in [6, 6.07) is 9.45. The van der Waals surface area contributed by atoms with Crippen molar-refractivity contribution in [1.82, 2.24) is 9.97 Å². The van der Waals surface area contributed by atoms with Crippen LogP contribution in [0.25, 0.3) is 11.0 Å². The fraction of sp³-hybridized carbons (Fsp3) is 0.125. The molecule has 0 spiro atoms. The normalized spacial score (nSPS) is 10.4. The van der Waals surface area contributed by atoms with E-state index in [9.17, 15) is 10.1 Å². The predicted octanol–water partition coefficient (Wildman–Crippen LogP) is 3.35. The van der Waals surface area contributed by atoms with Crippen molar-refractivity contribution in [2.45, 2.75) is 13.8 Å². The van der Waals surface area contributed by atoms with Crippen molar-refractivity contribution >= 4 is 28.5 Å². The summed E-state index contributed by atoms with van der Waals surface area (Å²) in [5, 5.41) is 12.2. The van der Waals surface area contributed by atoms with Crippen molar-refractivity contribution in [3.63, 3.8) is 0 Å². The number of benzene rings is 1. The first-order chi connectivity index (χ1) is 10.6. The lowest BCUT2D eigenvalue weighted by Crippen LogP contribution is -1.98. The zero-order chi connectivity index (χ0) is 15.7. The number of ketones is 1. The van der Waals surface area contributed by atoms with Crippen molar-refractivity contribution in [2.75, 3.05) is 5.32 Å². The van der Waals surface area contributed by atoms with Gasteiger partial charge in [-0.25, -0.2) is 4.98 Å². The molecule has 0 aliphatic rings. The lowest BCUT2D eigenvalue weighted by molar-refractivity contribution is 0.101. The highest BCUT2D eigenvalue weighted by Crippen LogP contribution is 2.29. The first kappa shape index (κ1) is 13.8. The van der Waals surface area contributed by atoms with Crippen LogP contribution in [-0.2, 0) is 0 Å². The van der Waals surface area contributed by atoms with Gasteiger partial charge in [0.2, 0.25) is 5.88 Å². The van der Waals surface area contributed by atoms with Crippen LogP contribution in [-0.4, -0.2) is 15.8 Å². The summed E-state index contributed by atoms with van der Waals surface area (Å²) < 4.78 is 5.49. The van der Waals surface area contributed by atoms with Gasteiger partial charge in [-0.1, -0.05) is 12.1 Å². The number of anilines is 2. The summed E-state index contributed by atoms with van der Waals surface area (Å²) in [6.45, 7) is 3.05. The SMILES string of the molecule is CC(=O)c1c(C)oc(Nc2cnc3ccccc3n2)c1C#N. The topological polar surface area (TPSA) is 91.8 Å². The van der Waals surface area contributed by atoms with Gasteiger partial charge in [-0.2, -0.15) is 5.26 Å². The third-order valence-electron chi connectivity index (χ3n) is 3.24. The number of hydrogen-bond donors (Lipinski definition) is 1. The molecular weight excluding hydrogens is 280 g/mol. The van der Waals surface area contributed by atoms with Gasteiger partial charge in [0.15, 0.2) is 11.6 Å². The molecule has 0 saturated heterocycles. The average Bonchev–Trinajstić information content (AvgIpc) is 2.82. The average molecular weight is 292 g/mol. The lowest BCUT2D eigenvalue weighted by Gasteiger charge is -2.03. The van der Waals surface area contributed by atoms with E-state index in [-0.39, 0.29) is 17.2 Å². The number of furan rings is 1. The number of nitrogens with zero attached hydrogens (tertiary/aromatic N) is 3. The van der Waals surface area contributed by atoms with Crippen molar-refractivity contribution in [2.24, 2.45) is 0 Å². The third-order valence-corrected chi connectivity index (χ3v) is 3.24. The number of nitriles is 1. The monoisotopic (exact) mass is 292 g/mol. The van der Waals surface area contributed by atoms with Crippen LogP contribution in [0, 0.1) is 18.3 Å². The number of rotatable bonds is 3. The first-order valence-electron chi connectivity index (χ1n) is 6.63. The fourth-order valence-electron chi connectivity index (χ4n) is 2.30. The second kappa shape index (κ2) is 5.30. The fourth-order valence-corrected chi connectivity index (χ4v) is 2.30. The lowest BCUT2D eigenvalue weighted by atomic mass is 10.1. The van der Waals surface area contributed by atoms with Crippen LogP contribution in [0.2, 0.25) is 0 Å². The molecule has 1 N–H and O–H groups in total. The molecule has 22 heavy (non-hydrogen) atoms. The van der Waals surface area contributed by atoms with E-state index in [2.05, 4.69) is 15.3 Å². The Balaban J connectivity index is 2.03. The summed E-state index contributed by atoms with van der Waals surface area (Å²) in [7, 11) is 0. The molecule has 0 atom stereocenters. The van der Waals surface area contributed by atoms with Gasteiger partial charge < -0.3 is 9.73 Å². The van der Waals surface area contributed by atoms with Gasteiger partial charge in [0.25, 0.3) is 0 Å². The summed E-state index contributed by atoms with van der Waals surface area (Å²) in [6.07, 6.45) is 1.55. The summed E-state index contributed by atoms with van der Waals surface area (Å²) >= 11 is 0. The van der Waals surface area contributed by atoms with Crippen molar-refractivity contribution in [3.8, 4) is 6.07 Å². The van der Waals surface area contributed by atoms with Gasteiger partial charge in [0.1, 0.15) is 17.4 Å². The van der Waals surface area contributed by atoms with Gasteiger partial charge in [-0.05, 0) is 26.0 Å². The maximum atomic E-state index is 11.6. The van der Waals surface area contributed by atoms with E-state index in [0.717, 1.165) is 11.0 Å². The van der Waals surface area contributed by atoms with E-state index in [0.29, 0.717) is 17.1 Å². The van der Waals surface area contributed by atoms with E-state index in [1.165, 1.54) is 6.92 Å². The molecule has 0 aliphatic carbocycles. The molecule has 3 aromatic rings.